The number of nitrogens with zero attached hydrogens (tertiary/aromatic N) is 2. The number of carbonyl (C=O) groups excluding carboxylic acids is 1. The van der Waals surface area contributed by atoms with E-state index in [1.54, 1.807) is 0 Å². The van der Waals surface area contributed by atoms with Crippen LogP contribution < -0.4 is 0 Å². The predicted octanol–water partition coefficient (Wildman–Crippen LogP) is 4.88. The Kier molecular flexibility index (Phi) is 5.97. The van der Waals surface area contributed by atoms with Crippen molar-refractivity contribution in [2.75, 3.05) is 13.1 Å². The van der Waals surface area contributed by atoms with Crippen molar-refractivity contribution in [3.05, 3.63) is 65.9 Å². The Balaban J connectivity index is 1.52. The van der Waals surface area contributed by atoms with Gasteiger partial charge < -0.3 is 14.2 Å². The maximum atomic E-state index is 13.0. The molecule has 29 heavy (non-hydrogen) atoms. The number of thioether (sulfide) groups is 1. The number of hydrogen-bond donors (Lipinski definition) is 0. The Morgan fingerprint density at radius 3 is 2.48 bits per heavy atom. The van der Waals surface area contributed by atoms with Crippen LogP contribution in [0.2, 0.25) is 0 Å². The van der Waals surface area contributed by atoms with E-state index in [-0.39, 0.29) is 18.1 Å². The summed E-state index contributed by atoms with van der Waals surface area (Å²) in [6, 6.07) is 17.0. The van der Waals surface area contributed by atoms with Gasteiger partial charge in [-0.25, -0.2) is 0 Å². The monoisotopic (exact) mass is 408 g/mol. The Hall–Kier alpha value is -2.24. The number of hydrogen-bond acceptors (Lipinski definition) is 3. The Labute approximate surface area is 176 Å². The molecule has 0 bridgehead atoms. The van der Waals surface area contributed by atoms with Crippen molar-refractivity contribution in [3.63, 3.8) is 0 Å². The first-order valence-corrected chi connectivity index (χ1v) is 11.2. The third-order valence-corrected chi connectivity index (χ3v) is 6.46. The Bertz CT molecular complexity index is 986. The molecule has 0 N–H and O–H groups in total. The number of para-hydroxylation sites is 1. The van der Waals surface area contributed by atoms with E-state index in [1.807, 2.05) is 36.6 Å². The van der Waals surface area contributed by atoms with Gasteiger partial charge in [-0.2, -0.15) is 0 Å². The van der Waals surface area contributed by atoms with Crippen molar-refractivity contribution < 1.29 is 9.53 Å². The number of fused-ring (bicyclic) bond motifs is 1. The lowest BCUT2D eigenvalue weighted by Gasteiger charge is -2.35. The first kappa shape index (κ1) is 20.0. The number of ether oxygens (including phenoxy) is 1. The molecule has 1 aliphatic rings. The fraction of sp³-hybridized carbons (Fsp3) is 0.375. The summed E-state index contributed by atoms with van der Waals surface area (Å²) in [5.41, 5.74) is 3.70. The summed E-state index contributed by atoms with van der Waals surface area (Å²) in [5, 5.41) is 1.21. The molecule has 5 heteroatoms. The largest absolute Gasteiger partial charge is 0.372 e. The third kappa shape index (κ3) is 4.68. The molecule has 0 aliphatic carbocycles. The van der Waals surface area contributed by atoms with Crippen LogP contribution in [-0.4, -0.2) is 40.7 Å². The van der Waals surface area contributed by atoms with Crippen molar-refractivity contribution in [1.82, 2.24) is 9.47 Å². The molecule has 0 saturated carbocycles. The highest BCUT2D eigenvalue weighted by molar-refractivity contribution is 7.98. The molecule has 4 rings (SSSR count). The molecule has 2 aromatic carbocycles. The van der Waals surface area contributed by atoms with E-state index < -0.39 is 0 Å². The molecule has 2 atom stereocenters. The van der Waals surface area contributed by atoms with Gasteiger partial charge in [0.2, 0.25) is 5.91 Å². The zero-order valence-corrected chi connectivity index (χ0v) is 18.1. The molecule has 2 unspecified atom stereocenters. The highest BCUT2D eigenvalue weighted by Gasteiger charge is 2.26. The second kappa shape index (κ2) is 8.64. The molecule has 1 amide bonds. The highest BCUT2D eigenvalue weighted by atomic mass is 32.2. The minimum absolute atomic E-state index is 0.0877. The molecule has 0 radical (unpaired) electrons. The molecular weight excluding hydrogens is 380 g/mol. The predicted molar refractivity (Wildman–Crippen MR) is 119 cm³/mol. The lowest BCUT2D eigenvalue weighted by molar-refractivity contribution is -0.143. The molecular formula is C24H28N2O2S. The van der Waals surface area contributed by atoms with Crippen LogP contribution in [0.15, 0.2) is 59.6 Å². The number of carbonyl (C=O) groups is 1. The van der Waals surface area contributed by atoms with Gasteiger partial charge >= 0.3 is 0 Å². The summed E-state index contributed by atoms with van der Waals surface area (Å²) < 4.78 is 7.87. The first-order valence-electron chi connectivity index (χ1n) is 10.2. The first-order chi connectivity index (χ1) is 14.0. The van der Waals surface area contributed by atoms with Gasteiger partial charge in [-0.3, -0.25) is 4.79 Å². The quantitative estimate of drug-likeness (QED) is 0.565. The second-order valence-corrected chi connectivity index (χ2v) is 8.99. The van der Waals surface area contributed by atoms with Gasteiger partial charge in [-0.05, 0) is 32.4 Å². The lowest BCUT2D eigenvalue weighted by atomic mass is 10.2. The topological polar surface area (TPSA) is 34.5 Å². The van der Waals surface area contributed by atoms with E-state index >= 15 is 0 Å². The summed E-state index contributed by atoms with van der Waals surface area (Å²) >= 11 is 1.83. The molecule has 4 nitrogen and oxygen atoms in total. The van der Waals surface area contributed by atoms with Crippen LogP contribution in [0.5, 0.6) is 0 Å². The fourth-order valence-electron chi connectivity index (χ4n) is 3.93. The van der Waals surface area contributed by atoms with Crippen LogP contribution in [0.3, 0.4) is 0 Å². The van der Waals surface area contributed by atoms with E-state index in [4.69, 9.17) is 4.74 Å². The summed E-state index contributed by atoms with van der Waals surface area (Å²) in [7, 11) is 0. The molecule has 1 aromatic heterocycles. The van der Waals surface area contributed by atoms with Crippen LogP contribution in [0.1, 0.15) is 25.0 Å². The van der Waals surface area contributed by atoms with E-state index in [0.29, 0.717) is 19.6 Å². The maximum absolute atomic E-state index is 13.0. The van der Waals surface area contributed by atoms with Crippen molar-refractivity contribution in [2.45, 2.75) is 50.2 Å². The van der Waals surface area contributed by atoms with Crippen LogP contribution >= 0.6 is 11.8 Å². The van der Waals surface area contributed by atoms with Gasteiger partial charge in [-0.1, -0.05) is 48.0 Å². The fourth-order valence-corrected chi connectivity index (χ4v) is 4.98. The number of morpholine rings is 1. The zero-order chi connectivity index (χ0) is 20.4. The zero-order valence-electron chi connectivity index (χ0n) is 17.3. The van der Waals surface area contributed by atoms with Crippen LogP contribution in [0, 0.1) is 6.92 Å². The van der Waals surface area contributed by atoms with Gasteiger partial charge in [0.15, 0.2) is 0 Å². The Morgan fingerprint density at radius 2 is 1.76 bits per heavy atom. The van der Waals surface area contributed by atoms with Gasteiger partial charge in [0, 0.05) is 40.8 Å². The lowest BCUT2D eigenvalue weighted by Crippen LogP contribution is -2.49. The number of aryl methyl sites for hydroxylation is 1. The maximum Gasteiger partial charge on any atom is 0.242 e. The summed E-state index contributed by atoms with van der Waals surface area (Å²) in [5.74, 6) is 1.07. The highest BCUT2D eigenvalue weighted by Crippen LogP contribution is 2.32. The van der Waals surface area contributed by atoms with E-state index in [0.717, 1.165) is 11.3 Å². The number of benzene rings is 2. The van der Waals surface area contributed by atoms with E-state index in [1.165, 1.54) is 21.4 Å². The molecule has 1 aliphatic heterocycles. The molecule has 1 fully saturated rings. The molecule has 2 heterocycles. The third-order valence-electron chi connectivity index (χ3n) is 5.34. The van der Waals surface area contributed by atoms with Crippen molar-refractivity contribution >= 4 is 28.6 Å². The molecule has 1 saturated heterocycles. The van der Waals surface area contributed by atoms with Gasteiger partial charge in [0.1, 0.15) is 6.54 Å². The molecule has 152 valence electrons. The van der Waals surface area contributed by atoms with E-state index in [2.05, 4.69) is 60.2 Å². The molecule has 3 aromatic rings. The average molecular weight is 409 g/mol. The number of amides is 1. The number of rotatable bonds is 5. The minimum Gasteiger partial charge on any atom is -0.372 e. The summed E-state index contributed by atoms with van der Waals surface area (Å²) in [6.45, 7) is 7.86. The minimum atomic E-state index is 0.0877. The smallest absolute Gasteiger partial charge is 0.242 e. The van der Waals surface area contributed by atoms with E-state index in [9.17, 15) is 4.79 Å². The number of aromatic nitrogens is 1. The summed E-state index contributed by atoms with van der Waals surface area (Å²) in [6.07, 6.45) is 2.31. The van der Waals surface area contributed by atoms with Crippen LogP contribution in [0.4, 0.5) is 0 Å². The van der Waals surface area contributed by atoms with Gasteiger partial charge in [-0.15, -0.1) is 11.8 Å². The average Bonchev–Trinajstić information content (AvgIpc) is 3.04. The Morgan fingerprint density at radius 1 is 1.07 bits per heavy atom. The SMILES string of the molecule is Cc1ccc(CSc2cn(CC(=O)N3CC(C)OC(C)C3)c3ccccc23)cc1. The van der Waals surface area contributed by atoms with Crippen LogP contribution in [-0.2, 0) is 21.8 Å². The van der Waals surface area contributed by atoms with Crippen molar-refractivity contribution in [3.8, 4) is 0 Å². The van der Waals surface area contributed by atoms with Gasteiger partial charge in [0.05, 0.1) is 12.2 Å². The van der Waals surface area contributed by atoms with Crippen molar-refractivity contribution in [1.29, 1.82) is 0 Å². The second-order valence-electron chi connectivity index (χ2n) is 7.97. The standard InChI is InChI=1S/C24H28N2O2S/c1-17-8-10-20(11-9-17)16-29-23-14-25(22-7-5-4-6-21(22)23)15-24(27)26-12-18(2)28-19(3)13-26/h4-11,14,18-19H,12-13,15-16H2,1-3H3. The molecule has 0 spiro atoms. The van der Waals surface area contributed by atoms with Crippen molar-refractivity contribution in [2.24, 2.45) is 0 Å². The van der Waals surface area contributed by atoms with Gasteiger partial charge in [0.25, 0.3) is 0 Å². The normalized spacial score (nSPS) is 19.6. The van der Waals surface area contributed by atoms with Crippen LogP contribution in [0.25, 0.3) is 10.9 Å². The summed E-state index contributed by atoms with van der Waals surface area (Å²) in [4.78, 5) is 16.1.